The Bertz CT molecular complexity index is 335. The lowest BCUT2D eigenvalue weighted by Gasteiger charge is -2.11. The zero-order chi connectivity index (χ0) is 10.7. The van der Waals surface area contributed by atoms with Crippen LogP contribution >= 0.6 is 15.9 Å². The van der Waals surface area contributed by atoms with Gasteiger partial charge in [0.15, 0.2) is 10.5 Å². The SMILES string of the molecule is O=C(c1ccoc1Br)C1CCCCCC1. The van der Waals surface area contributed by atoms with E-state index >= 15 is 0 Å². The summed E-state index contributed by atoms with van der Waals surface area (Å²) in [6.07, 6.45) is 8.56. The van der Waals surface area contributed by atoms with Crippen LogP contribution < -0.4 is 0 Å². The predicted octanol–water partition coefficient (Wildman–Crippen LogP) is 4.20. The van der Waals surface area contributed by atoms with Gasteiger partial charge in [0.05, 0.1) is 11.8 Å². The molecule has 0 N–H and O–H groups in total. The van der Waals surface area contributed by atoms with Crippen LogP contribution in [0.25, 0.3) is 0 Å². The third-order valence-corrected chi connectivity index (χ3v) is 3.72. The fourth-order valence-electron chi connectivity index (χ4n) is 2.23. The molecule has 0 saturated heterocycles. The lowest BCUT2D eigenvalue weighted by Crippen LogP contribution is -2.13. The van der Waals surface area contributed by atoms with Crippen molar-refractivity contribution in [1.29, 1.82) is 0 Å². The molecular weight excluding hydrogens is 256 g/mol. The fourth-order valence-corrected chi connectivity index (χ4v) is 2.67. The molecule has 0 unspecified atom stereocenters. The molecule has 0 aliphatic heterocycles. The minimum Gasteiger partial charge on any atom is -0.457 e. The van der Waals surface area contributed by atoms with Crippen LogP contribution in [0, 0.1) is 5.92 Å². The van der Waals surface area contributed by atoms with E-state index in [1.54, 1.807) is 12.3 Å². The zero-order valence-corrected chi connectivity index (χ0v) is 10.3. The summed E-state index contributed by atoms with van der Waals surface area (Å²) in [7, 11) is 0. The Kier molecular flexibility index (Phi) is 3.62. The van der Waals surface area contributed by atoms with Gasteiger partial charge in [-0.3, -0.25) is 4.79 Å². The number of carbonyl (C=O) groups is 1. The topological polar surface area (TPSA) is 30.2 Å². The van der Waals surface area contributed by atoms with Crippen molar-refractivity contribution < 1.29 is 9.21 Å². The second-order valence-corrected chi connectivity index (χ2v) is 4.88. The monoisotopic (exact) mass is 270 g/mol. The van der Waals surface area contributed by atoms with Crippen LogP contribution in [0.5, 0.6) is 0 Å². The molecule has 1 aliphatic carbocycles. The van der Waals surface area contributed by atoms with Crippen LogP contribution in [0.1, 0.15) is 48.9 Å². The van der Waals surface area contributed by atoms with Gasteiger partial charge >= 0.3 is 0 Å². The third kappa shape index (κ3) is 2.51. The summed E-state index contributed by atoms with van der Waals surface area (Å²) in [5.41, 5.74) is 0.710. The average Bonchev–Trinajstić information content (AvgIpc) is 2.53. The molecule has 1 aromatic heterocycles. The smallest absolute Gasteiger partial charge is 0.179 e. The van der Waals surface area contributed by atoms with Crippen molar-refractivity contribution in [3.05, 3.63) is 22.6 Å². The maximum absolute atomic E-state index is 12.1. The first kappa shape index (κ1) is 10.9. The Morgan fingerprint density at radius 3 is 2.47 bits per heavy atom. The van der Waals surface area contributed by atoms with Crippen LogP contribution in [0.4, 0.5) is 0 Å². The number of hydrogen-bond acceptors (Lipinski definition) is 2. The number of rotatable bonds is 2. The van der Waals surface area contributed by atoms with E-state index in [0.29, 0.717) is 10.2 Å². The predicted molar refractivity (Wildman–Crippen MR) is 61.9 cm³/mol. The molecule has 1 aromatic rings. The Balaban J connectivity index is 2.09. The first-order valence-corrected chi connectivity index (χ1v) is 6.35. The highest BCUT2D eigenvalue weighted by atomic mass is 79.9. The Morgan fingerprint density at radius 2 is 1.93 bits per heavy atom. The summed E-state index contributed by atoms with van der Waals surface area (Å²) >= 11 is 3.27. The van der Waals surface area contributed by atoms with E-state index in [4.69, 9.17) is 4.42 Å². The van der Waals surface area contributed by atoms with Crippen molar-refractivity contribution in [2.24, 2.45) is 5.92 Å². The van der Waals surface area contributed by atoms with Gasteiger partial charge in [-0.25, -0.2) is 0 Å². The second-order valence-electron chi connectivity index (χ2n) is 4.16. The van der Waals surface area contributed by atoms with E-state index in [1.807, 2.05) is 0 Å². The summed E-state index contributed by atoms with van der Waals surface area (Å²) in [6.45, 7) is 0. The molecule has 3 heteroatoms. The quantitative estimate of drug-likeness (QED) is 0.596. The maximum Gasteiger partial charge on any atom is 0.179 e. The Morgan fingerprint density at radius 1 is 1.27 bits per heavy atom. The molecule has 2 nitrogen and oxygen atoms in total. The summed E-state index contributed by atoms with van der Waals surface area (Å²) in [6, 6.07) is 1.76. The Hall–Kier alpha value is -0.570. The van der Waals surface area contributed by atoms with Gasteiger partial charge in [-0.15, -0.1) is 0 Å². The molecule has 0 aromatic carbocycles. The van der Waals surface area contributed by atoms with Gasteiger partial charge < -0.3 is 4.42 Å². The van der Waals surface area contributed by atoms with Gasteiger partial charge in [-0.2, -0.15) is 0 Å². The summed E-state index contributed by atoms with van der Waals surface area (Å²) in [5.74, 6) is 0.457. The summed E-state index contributed by atoms with van der Waals surface area (Å²) < 4.78 is 5.68. The molecule has 2 rings (SSSR count). The van der Waals surface area contributed by atoms with Crippen LogP contribution in [0.2, 0.25) is 0 Å². The standard InChI is InChI=1S/C12H15BrO2/c13-12-10(7-8-15-12)11(14)9-5-3-1-2-4-6-9/h7-9H,1-6H2. The van der Waals surface area contributed by atoms with E-state index < -0.39 is 0 Å². The van der Waals surface area contributed by atoms with Crippen molar-refractivity contribution in [2.75, 3.05) is 0 Å². The van der Waals surface area contributed by atoms with E-state index in [-0.39, 0.29) is 11.7 Å². The number of halogens is 1. The maximum atomic E-state index is 12.1. The molecule has 15 heavy (non-hydrogen) atoms. The number of ketones is 1. The van der Waals surface area contributed by atoms with Gasteiger partial charge in [0.1, 0.15) is 0 Å². The highest BCUT2D eigenvalue weighted by molar-refractivity contribution is 9.10. The molecule has 0 bridgehead atoms. The number of Topliss-reactive ketones (excluding diaryl/α,β-unsaturated/α-hetero) is 1. The van der Waals surface area contributed by atoms with E-state index in [0.717, 1.165) is 12.8 Å². The Labute approximate surface area is 98.2 Å². The molecule has 1 fully saturated rings. The van der Waals surface area contributed by atoms with Crippen LogP contribution in [-0.2, 0) is 0 Å². The largest absolute Gasteiger partial charge is 0.457 e. The van der Waals surface area contributed by atoms with Crippen molar-refractivity contribution in [3.63, 3.8) is 0 Å². The number of hydrogen-bond donors (Lipinski definition) is 0. The lowest BCUT2D eigenvalue weighted by atomic mass is 9.92. The van der Waals surface area contributed by atoms with Gasteiger partial charge in [0.25, 0.3) is 0 Å². The van der Waals surface area contributed by atoms with E-state index in [9.17, 15) is 4.79 Å². The van der Waals surface area contributed by atoms with Crippen LogP contribution in [0.3, 0.4) is 0 Å². The normalized spacial score (nSPS) is 18.7. The van der Waals surface area contributed by atoms with Gasteiger partial charge in [0.2, 0.25) is 0 Å². The zero-order valence-electron chi connectivity index (χ0n) is 8.67. The van der Waals surface area contributed by atoms with E-state index in [1.165, 1.54) is 25.7 Å². The van der Waals surface area contributed by atoms with Gasteiger partial charge in [-0.1, -0.05) is 25.7 Å². The molecule has 0 amide bonds. The average molecular weight is 271 g/mol. The second kappa shape index (κ2) is 4.97. The molecule has 0 spiro atoms. The molecule has 1 saturated carbocycles. The van der Waals surface area contributed by atoms with Crippen molar-refractivity contribution >= 4 is 21.7 Å². The molecule has 82 valence electrons. The van der Waals surface area contributed by atoms with Crippen molar-refractivity contribution in [2.45, 2.75) is 38.5 Å². The minimum atomic E-state index is 0.210. The number of furan rings is 1. The van der Waals surface area contributed by atoms with E-state index in [2.05, 4.69) is 15.9 Å². The van der Waals surface area contributed by atoms with Crippen LogP contribution in [-0.4, -0.2) is 5.78 Å². The van der Waals surface area contributed by atoms with Crippen LogP contribution in [0.15, 0.2) is 21.4 Å². The highest BCUT2D eigenvalue weighted by Crippen LogP contribution is 2.29. The summed E-state index contributed by atoms with van der Waals surface area (Å²) in [4.78, 5) is 12.1. The van der Waals surface area contributed by atoms with Crippen molar-refractivity contribution in [1.82, 2.24) is 0 Å². The van der Waals surface area contributed by atoms with Gasteiger partial charge in [-0.05, 0) is 34.8 Å². The third-order valence-electron chi connectivity index (χ3n) is 3.11. The summed E-state index contributed by atoms with van der Waals surface area (Å²) in [5, 5.41) is 0. The number of carbonyl (C=O) groups excluding carboxylic acids is 1. The molecular formula is C12H15BrO2. The van der Waals surface area contributed by atoms with Gasteiger partial charge in [0, 0.05) is 5.92 Å². The highest BCUT2D eigenvalue weighted by Gasteiger charge is 2.23. The molecule has 0 atom stereocenters. The first-order valence-electron chi connectivity index (χ1n) is 5.56. The lowest BCUT2D eigenvalue weighted by molar-refractivity contribution is 0.0906. The molecule has 1 heterocycles. The minimum absolute atomic E-state index is 0.210. The van der Waals surface area contributed by atoms with Crippen molar-refractivity contribution in [3.8, 4) is 0 Å². The first-order chi connectivity index (χ1) is 7.29. The fraction of sp³-hybridized carbons (Fsp3) is 0.583. The molecule has 0 radical (unpaired) electrons. The molecule has 1 aliphatic rings.